The molecule has 0 aromatic heterocycles. The number of carbonyl (C=O) groups is 1. The first kappa shape index (κ1) is 15.0. The predicted octanol–water partition coefficient (Wildman–Crippen LogP) is 4.90. The van der Waals surface area contributed by atoms with E-state index in [1.807, 2.05) is 0 Å². The number of carbonyl (C=O) groups excluding carboxylic acids is 1. The van der Waals surface area contributed by atoms with Crippen LogP contribution in [0.5, 0.6) is 0 Å². The van der Waals surface area contributed by atoms with Crippen molar-refractivity contribution in [2.45, 2.75) is 65.2 Å². The largest absolute Gasteiger partial charge is 0.295 e. The molecule has 2 heteroatoms. The maximum absolute atomic E-state index is 12.2. The molecule has 5 saturated carbocycles. The minimum atomic E-state index is 0.268. The van der Waals surface area contributed by atoms with Crippen molar-refractivity contribution in [2.24, 2.45) is 51.8 Å². The lowest BCUT2D eigenvalue weighted by molar-refractivity contribution is -0.118. The Hall–Kier alpha value is -1.10. The number of nitriles is 1. The van der Waals surface area contributed by atoms with Crippen molar-refractivity contribution in [1.82, 2.24) is 0 Å². The molecule has 0 aliphatic heterocycles. The lowest BCUT2D eigenvalue weighted by atomic mass is 9.43. The molecular weight excluding hydrogens is 306 g/mol. The summed E-state index contributed by atoms with van der Waals surface area (Å²) in [5.74, 6) is 4.61. The normalized spacial score (nSPS) is 56.8. The van der Waals surface area contributed by atoms with Gasteiger partial charge in [0.15, 0.2) is 5.78 Å². The van der Waals surface area contributed by atoms with Crippen molar-refractivity contribution in [2.75, 3.05) is 0 Å². The van der Waals surface area contributed by atoms with E-state index < -0.39 is 0 Å². The van der Waals surface area contributed by atoms with Gasteiger partial charge in [0.1, 0.15) is 0 Å². The molecule has 2 nitrogen and oxygen atoms in total. The summed E-state index contributed by atoms with van der Waals surface area (Å²) in [6.45, 7) is 4.97. The fourth-order valence-electron chi connectivity index (χ4n) is 8.83. The van der Waals surface area contributed by atoms with E-state index in [0.29, 0.717) is 23.0 Å². The Morgan fingerprint density at radius 1 is 1.12 bits per heavy atom. The first-order valence-electron chi connectivity index (χ1n) is 10.6. The molecule has 0 saturated heterocycles. The smallest absolute Gasteiger partial charge is 0.155 e. The lowest BCUT2D eigenvalue weighted by Gasteiger charge is -2.60. The molecule has 0 N–H and O–H groups in total. The molecule has 5 fully saturated rings. The van der Waals surface area contributed by atoms with E-state index in [1.165, 1.54) is 38.5 Å². The fourth-order valence-corrected chi connectivity index (χ4v) is 8.83. The molecule has 6 rings (SSSR count). The minimum Gasteiger partial charge on any atom is -0.295 e. The Morgan fingerprint density at radius 2 is 1.92 bits per heavy atom. The highest BCUT2D eigenvalue weighted by Gasteiger charge is 2.73. The molecule has 132 valence electrons. The van der Waals surface area contributed by atoms with Gasteiger partial charge in [-0.05, 0) is 96.9 Å². The summed E-state index contributed by atoms with van der Waals surface area (Å²) < 4.78 is 0. The van der Waals surface area contributed by atoms with Crippen LogP contribution in [0.25, 0.3) is 0 Å². The average Bonchev–Trinajstić information content (AvgIpc) is 3.48. The summed E-state index contributed by atoms with van der Waals surface area (Å²) in [4.78, 5) is 12.2. The summed E-state index contributed by atoms with van der Waals surface area (Å²) in [6, 6.07) is 2.74. The van der Waals surface area contributed by atoms with Crippen molar-refractivity contribution >= 4 is 5.78 Å². The molecule has 1 spiro atoms. The summed E-state index contributed by atoms with van der Waals surface area (Å²) in [6.07, 6.45) is 11.7. The van der Waals surface area contributed by atoms with Gasteiger partial charge in [0.05, 0.1) is 12.0 Å². The molecule has 0 aromatic carbocycles. The first-order valence-corrected chi connectivity index (χ1v) is 10.6. The number of fused-ring (bicyclic) bond motifs is 8. The van der Waals surface area contributed by atoms with E-state index >= 15 is 0 Å². The van der Waals surface area contributed by atoms with Gasteiger partial charge in [0, 0.05) is 6.42 Å². The second-order valence-electron chi connectivity index (χ2n) is 10.9. The molecule has 8 atom stereocenters. The van der Waals surface area contributed by atoms with Crippen LogP contribution in [0.1, 0.15) is 65.2 Å². The van der Waals surface area contributed by atoms with Crippen molar-refractivity contribution in [3.8, 4) is 6.07 Å². The maximum atomic E-state index is 12.2. The quantitative estimate of drug-likeness (QED) is 0.631. The topological polar surface area (TPSA) is 40.9 Å². The zero-order chi connectivity index (χ0) is 17.2. The number of hydrogen-bond acceptors (Lipinski definition) is 2. The van der Waals surface area contributed by atoms with Crippen LogP contribution in [0.3, 0.4) is 0 Å². The van der Waals surface area contributed by atoms with Crippen molar-refractivity contribution < 1.29 is 4.79 Å². The van der Waals surface area contributed by atoms with E-state index in [0.717, 1.165) is 36.5 Å². The third-order valence-electron chi connectivity index (χ3n) is 10.0. The number of ketones is 1. The Balaban J connectivity index is 1.46. The molecule has 25 heavy (non-hydrogen) atoms. The Bertz CT molecular complexity index is 755. The van der Waals surface area contributed by atoms with Crippen LogP contribution >= 0.6 is 0 Å². The molecule has 0 amide bonds. The fraction of sp³-hybridized carbons (Fsp3) is 0.826. The number of nitrogens with zero attached hydrogens (tertiary/aromatic N) is 1. The molecule has 0 bridgehead atoms. The number of hydrogen-bond donors (Lipinski definition) is 0. The highest BCUT2D eigenvalue weighted by atomic mass is 16.1. The zero-order valence-electron chi connectivity index (χ0n) is 15.6. The van der Waals surface area contributed by atoms with Gasteiger partial charge in [0.25, 0.3) is 0 Å². The van der Waals surface area contributed by atoms with Gasteiger partial charge in [-0.15, -0.1) is 0 Å². The van der Waals surface area contributed by atoms with Crippen LogP contribution in [0, 0.1) is 63.1 Å². The minimum absolute atomic E-state index is 0.268. The highest BCUT2D eigenvalue weighted by Crippen LogP contribution is 2.79. The predicted molar refractivity (Wildman–Crippen MR) is 95.2 cm³/mol. The first-order chi connectivity index (χ1) is 11.9. The van der Waals surface area contributed by atoms with Crippen LogP contribution < -0.4 is 0 Å². The van der Waals surface area contributed by atoms with Crippen LogP contribution in [0.15, 0.2) is 11.6 Å². The third kappa shape index (κ3) is 1.61. The Kier molecular flexibility index (Phi) is 2.54. The molecule has 6 aliphatic carbocycles. The van der Waals surface area contributed by atoms with Crippen LogP contribution in [-0.2, 0) is 4.79 Å². The zero-order valence-corrected chi connectivity index (χ0v) is 15.6. The van der Waals surface area contributed by atoms with Gasteiger partial charge in [-0.1, -0.05) is 19.4 Å². The Morgan fingerprint density at radius 3 is 2.64 bits per heavy atom. The Labute approximate surface area is 151 Å². The van der Waals surface area contributed by atoms with Crippen molar-refractivity contribution in [3.63, 3.8) is 0 Å². The average molecular weight is 335 g/mol. The van der Waals surface area contributed by atoms with Gasteiger partial charge >= 0.3 is 0 Å². The van der Waals surface area contributed by atoms with Crippen LogP contribution in [-0.4, -0.2) is 5.78 Å². The summed E-state index contributed by atoms with van der Waals surface area (Å²) in [5.41, 5.74) is 2.48. The second-order valence-corrected chi connectivity index (χ2v) is 10.9. The van der Waals surface area contributed by atoms with Crippen molar-refractivity contribution in [3.05, 3.63) is 11.6 Å². The molecule has 0 aromatic rings. The summed E-state index contributed by atoms with van der Waals surface area (Å²) in [5, 5.41) is 9.85. The standard InChI is InChI=1S/C23H29NO/c1-21-5-3-13(25)9-19(21)23(7-8-23)11-16-17(21)4-6-22(2)18(12-24)14-10-15(14)20(16)22/h9,14-18,20H,3-8,10-11H2,1-2H3/t14-,15?,16?,17?,18-,20?,21+,22+/m0/s1. The van der Waals surface area contributed by atoms with Crippen molar-refractivity contribution in [1.29, 1.82) is 5.26 Å². The summed E-state index contributed by atoms with van der Waals surface area (Å²) in [7, 11) is 0. The van der Waals surface area contributed by atoms with Gasteiger partial charge < -0.3 is 0 Å². The molecule has 0 heterocycles. The van der Waals surface area contributed by atoms with E-state index in [-0.39, 0.29) is 10.8 Å². The van der Waals surface area contributed by atoms with E-state index in [1.54, 1.807) is 5.57 Å². The second kappa shape index (κ2) is 4.24. The van der Waals surface area contributed by atoms with E-state index in [4.69, 9.17) is 0 Å². The molecular formula is C23H29NO. The van der Waals surface area contributed by atoms with E-state index in [9.17, 15) is 10.1 Å². The van der Waals surface area contributed by atoms with Gasteiger partial charge in [0.2, 0.25) is 0 Å². The molecule has 0 radical (unpaired) electrons. The SMILES string of the molecule is C[C@]12CCC(=O)C=C1C1(CC1)CC1C2CC[C@@]2(C)C1C1C[C@@H]1[C@@H]2C#N. The molecule has 4 unspecified atom stereocenters. The number of rotatable bonds is 0. The van der Waals surface area contributed by atoms with Crippen LogP contribution in [0.4, 0.5) is 0 Å². The van der Waals surface area contributed by atoms with Gasteiger partial charge in [-0.3, -0.25) is 4.79 Å². The lowest BCUT2D eigenvalue weighted by Crippen LogP contribution is -2.54. The maximum Gasteiger partial charge on any atom is 0.155 e. The van der Waals surface area contributed by atoms with Gasteiger partial charge in [-0.2, -0.15) is 5.26 Å². The van der Waals surface area contributed by atoms with E-state index in [2.05, 4.69) is 26.0 Å². The highest BCUT2D eigenvalue weighted by molar-refractivity contribution is 5.92. The van der Waals surface area contributed by atoms with Gasteiger partial charge in [-0.25, -0.2) is 0 Å². The third-order valence-corrected chi connectivity index (χ3v) is 10.0. The molecule has 6 aliphatic rings. The summed E-state index contributed by atoms with van der Waals surface area (Å²) >= 11 is 0. The van der Waals surface area contributed by atoms with Crippen LogP contribution in [0.2, 0.25) is 0 Å². The number of allylic oxidation sites excluding steroid dienone is 1. The monoisotopic (exact) mass is 335 g/mol.